The van der Waals surface area contributed by atoms with Crippen LogP contribution in [0.2, 0.25) is 5.02 Å². The average Bonchev–Trinajstić information content (AvgIpc) is 3.31. The molecule has 8 heteroatoms. The SMILES string of the molecule is CCc1ccn(C(C)c2nn(-c3ccc(S(C)(=O)=O)cc3)c3cc(Cl)ccc23)n1. The minimum absolute atomic E-state index is 0.0736. The number of benzene rings is 2. The maximum atomic E-state index is 11.8. The fourth-order valence-electron chi connectivity index (χ4n) is 3.36. The van der Waals surface area contributed by atoms with E-state index in [0.29, 0.717) is 5.02 Å². The molecule has 0 aliphatic rings. The number of nitrogens with zero attached hydrogens (tertiary/aromatic N) is 4. The van der Waals surface area contributed by atoms with Crippen LogP contribution in [0, 0.1) is 0 Å². The van der Waals surface area contributed by atoms with Crippen molar-refractivity contribution in [2.75, 3.05) is 6.26 Å². The number of sulfone groups is 1. The molecule has 1 unspecified atom stereocenters. The third-order valence-electron chi connectivity index (χ3n) is 5.00. The predicted octanol–water partition coefficient (Wildman–Crippen LogP) is 4.45. The van der Waals surface area contributed by atoms with Crippen LogP contribution in [-0.4, -0.2) is 34.2 Å². The van der Waals surface area contributed by atoms with E-state index in [1.54, 1.807) is 28.9 Å². The Bertz CT molecular complexity index is 1290. The lowest BCUT2D eigenvalue weighted by Crippen LogP contribution is -2.09. The van der Waals surface area contributed by atoms with Crippen LogP contribution in [0.15, 0.2) is 59.6 Å². The van der Waals surface area contributed by atoms with Gasteiger partial charge < -0.3 is 0 Å². The second-order valence-corrected chi connectivity index (χ2v) is 9.49. The molecule has 0 fully saturated rings. The van der Waals surface area contributed by atoms with E-state index in [4.69, 9.17) is 16.7 Å². The molecule has 0 bridgehead atoms. The summed E-state index contributed by atoms with van der Waals surface area (Å²) in [5, 5.41) is 11.1. The largest absolute Gasteiger partial charge is 0.264 e. The molecular weight excluding hydrogens is 408 g/mol. The lowest BCUT2D eigenvalue weighted by Gasteiger charge is -2.10. The molecule has 6 nitrogen and oxygen atoms in total. The first kappa shape index (κ1) is 19.7. The number of rotatable bonds is 5. The highest BCUT2D eigenvalue weighted by Crippen LogP contribution is 2.30. The average molecular weight is 429 g/mol. The Hall–Kier alpha value is -2.64. The molecule has 0 radical (unpaired) electrons. The Balaban J connectivity index is 1.86. The maximum Gasteiger partial charge on any atom is 0.175 e. The minimum atomic E-state index is -3.26. The van der Waals surface area contributed by atoms with Crippen molar-refractivity contribution in [2.24, 2.45) is 0 Å². The summed E-state index contributed by atoms with van der Waals surface area (Å²) in [4.78, 5) is 0.271. The van der Waals surface area contributed by atoms with Gasteiger partial charge in [0.25, 0.3) is 0 Å². The van der Waals surface area contributed by atoms with Gasteiger partial charge in [0.05, 0.1) is 33.5 Å². The van der Waals surface area contributed by atoms with E-state index in [0.717, 1.165) is 34.4 Å². The summed E-state index contributed by atoms with van der Waals surface area (Å²) in [7, 11) is -3.26. The summed E-state index contributed by atoms with van der Waals surface area (Å²) in [6.07, 6.45) is 4.03. The number of hydrogen-bond acceptors (Lipinski definition) is 4. The summed E-state index contributed by atoms with van der Waals surface area (Å²) in [6.45, 7) is 4.13. The Kier molecular flexibility index (Phi) is 4.96. The Labute approximate surface area is 174 Å². The Morgan fingerprint density at radius 2 is 1.79 bits per heavy atom. The van der Waals surface area contributed by atoms with Gasteiger partial charge in [0.1, 0.15) is 0 Å². The van der Waals surface area contributed by atoms with Crippen LogP contribution in [0.25, 0.3) is 16.6 Å². The molecule has 29 heavy (non-hydrogen) atoms. The zero-order valence-electron chi connectivity index (χ0n) is 16.4. The summed E-state index contributed by atoms with van der Waals surface area (Å²) in [5.74, 6) is 0. The summed E-state index contributed by atoms with van der Waals surface area (Å²) >= 11 is 6.25. The van der Waals surface area contributed by atoms with Crippen LogP contribution in [0.5, 0.6) is 0 Å². The fourth-order valence-corrected chi connectivity index (χ4v) is 4.16. The third kappa shape index (κ3) is 3.68. The molecule has 150 valence electrons. The van der Waals surface area contributed by atoms with Gasteiger partial charge in [0.2, 0.25) is 0 Å². The second kappa shape index (κ2) is 7.31. The van der Waals surface area contributed by atoms with E-state index in [1.165, 1.54) is 6.26 Å². The van der Waals surface area contributed by atoms with E-state index in [1.807, 2.05) is 35.1 Å². The van der Waals surface area contributed by atoms with Gasteiger partial charge in [-0.3, -0.25) is 4.68 Å². The van der Waals surface area contributed by atoms with Crippen LogP contribution in [0.3, 0.4) is 0 Å². The standard InChI is InChI=1S/C21H21ClN4O2S/c1-4-16-11-12-25(23-16)14(2)21-19-10-5-15(22)13-20(19)26(24-21)17-6-8-18(9-7-17)29(3,27)28/h5-14H,4H2,1-3H3. The van der Waals surface area contributed by atoms with Crippen molar-refractivity contribution in [3.05, 3.63) is 71.1 Å². The molecule has 0 amide bonds. The van der Waals surface area contributed by atoms with E-state index in [2.05, 4.69) is 18.9 Å². The molecule has 0 saturated heterocycles. The van der Waals surface area contributed by atoms with Crippen molar-refractivity contribution in [2.45, 2.75) is 31.2 Å². The van der Waals surface area contributed by atoms with Gasteiger partial charge in [-0.15, -0.1) is 0 Å². The van der Waals surface area contributed by atoms with Gasteiger partial charge >= 0.3 is 0 Å². The minimum Gasteiger partial charge on any atom is -0.264 e. The topological polar surface area (TPSA) is 69.8 Å². The maximum absolute atomic E-state index is 11.8. The molecule has 1 atom stereocenters. The van der Waals surface area contributed by atoms with Gasteiger partial charge in [-0.05, 0) is 61.9 Å². The molecule has 0 N–H and O–H groups in total. The highest BCUT2D eigenvalue weighted by Gasteiger charge is 2.20. The van der Waals surface area contributed by atoms with Crippen molar-refractivity contribution in [3.8, 4) is 5.69 Å². The quantitative estimate of drug-likeness (QED) is 0.470. The van der Waals surface area contributed by atoms with Crippen LogP contribution in [0.4, 0.5) is 0 Å². The van der Waals surface area contributed by atoms with Gasteiger partial charge in [-0.1, -0.05) is 18.5 Å². The van der Waals surface area contributed by atoms with Crippen molar-refractivity contribution < 1.29 is 8.42 Å². The van der Waals surface area contributed by atoms with Crippen molar-refractivity contribution in [1.29, 1.82) is 0 Å². The summed E-state index contributed by atoms with van der Waals surface area (Å²) in [6, 6.07) is 14.3. The van der Waals surface area contributed by atoms with E-state index >= 15 is 0 Å². The highest BCUT2D eigenvalue weighted by atomic mass is 35.5. The molecule has 0 aliphatic heterocycles. The van der Waals surface area contributed by atoms with E-state index < -0.39 is 9.84 Å². The second-order valence-electron chi connectivity index (χ2n) is 7.04. The summed E-state index contributed by atoms with van der Waals surface area (Å²) < 4.78 is 27.2. The van der Waals surface area contributed by atoms with Crippen molar-refractivity contribution in [1.82, 2.24) is 19.6 Å². The van der Waals surface area contributed by atoms with Crippen molar-refractivity contribution >= 4 is 32.3 Å². The molecule has 0 spiro atoms. The van der Waals surface area contributed by atoms with Gasteiger partial charge in [-0.25, -0.2) is 13.1 Å². The predicted molar refractivity (Wildman–Crippen MR) is 115 cm³/mol. The van der Waals surface area contributed by atoms with Gasteiger partial charge in [0, 0.05) is 22.9 Å². The zero-order chi connectivity index (χ0) is 20.8. The number of halogens is 1. The molecular formula is C21H21ClN4O2S. The van der Waals surface area contributed by atoms with Gasteiger partial charge in [-0.2, -0.15) is 10.2 Å². The lowest BCUT2D eigenvalue weighted by molar-refractivity contribution is 0.543. The molecule has 2 heterocycles. The van der Waals surface area contributed by atoms with Gasteiger partial charge in [0.15, 0.2) is 9.84 Å². The van der Waals surface area contributed by atoms with Crippen LogP contribution in [0.1, 0.15) is 31.3 Å². The summed E-state index contributed by atoms with van der Waals surface area (Å²) in [5.41, 5.74) is 3.52. The monoisotopic (exact) mass is 428 g/mol. The molecule has 2 aromatic heterocycles. The first-order chi connectivity index (χ1) is 13.8. The molecule has 2 aromatic carbocycles. The van der Waals surface area contributed by atoms with E-state index in [9.17, 15) is 8.42 Å². The van der Waals surface area contributed by atoms with Crippen LogP contribution < -0.4 is 0 Å². The Morgan fingerprint density at radius 3 is 2.41 bits per heavy atom. The normalized spacial score (nSPS) is 13.1. The third-order valence-corrected chi connectivity index (χ3v) is 6.36. The Morgan fingerprint density at radius 1 is 1.07 bits per heavy atom. The fraction of sp³-hybridized carbons (Fsp3) is 0.238. The first-order valence-corrected chi connectivity index (χ1v) is 11.6. The highest BCUT2D eigenvalue weighted by molar-refractivity contribution is 7.90. The number of hydrogen-bond donors (Lipinski definition) is 0. The molecule has 4 rings (SSSR count). The zero-order valence-corrected chi connectivity index (χ0v) is 17.9. The smallest absolute Gasteiger partial charge is 0.175 e. The van der Waals surface area contributed by atoms with Crippen LogP contribution >= 0.6 is 11.6 Å². The molecule has 4 aromatic rings. The van der Waals surface area contributed by atoms with Crippen LogP contribution in [-0.2, 0) is 16.3 Å². The first-order valence-electron chi connectivity index (χ1n) is 9.30. The molecule has 0 saturated carbocycles. The van der Waals surface area contributed by atoms with E-state index in [-0.39, 0.29) is 10.9 Å². The number of aromatic nitrogens is 4. The molecule has 0 aliphatic carbocycles. The number of fused-ring (bicyclic) bond motifs is 1. The lowest BCUT2D eigenvalue weighted by atomic mass is 10.1. The van der Waals surface area contributed by atoms with Crippen molar-refractivity contribution in [3.63, 3.8) is 0 Å². The number of aryl methyl sites for hydroxylation is 1.